The smallest absolute Gasteiger partial charge is 0.271 e. The average Bonchev–Trinajstić information content (AvgIpc) is 2.99. The molecular formula is C12H16N4OS2. The molecule has 3 N–H and O–H groups in total. The van der Waals surface area contributed by atoms with Crippen molar-refractivity contribution in [2.24, 2.45) is 5.73 Å². The minimum Gasteiger partial charge on any atom is -0.339 e. The van der Waals surface area contributed by atoms with Crippen molar-refractivity contribution in [1.82, 2.24) is 15.3 Å². The standard InChI is InChI=1S/C12H16N4OS2/c1-12(2,11-14-5-6-18-11)16-10(17)8-7-19-9(15-8)3-4-13/h5-7H,3-4,13H2,1-2H3,(H,16,17). The molecular weight excluding hydrogens is 280 g/mol. The fraction of sp³-hybridized carbons (Fsp3) is 0.417. The van der Waals surface area contributed by atoms with Gasteiger partial charge < -0.3 is 11.1 Å². The van der Waals surface area contributed by atoms with Crippen LogP contribution >= 0.6 is 22.7 Å². The number of rotatable bonds is 5. The summed E-state index contributed by atoms with van der Waals surface area (Å²) < 4.78 is 0. The number of nitrogens with one attached hydrogen (secondary N) is 1. The van der Waals surface area contributed by atoms with Crippen molar-refractivity contribution in [3.8, 4) is 0 Å². The molecule has 0 fully saturated rings. The zero-order valence-corrected chi connectivity index (χ0v) is 12.5. The van der Waals surface area contributed by atoms with E-state index in [-0.39, 0.29) is 5.91 Å². The number of carbonyl (C=O) groups is 1. The lowest BCUT2D eigenvalue weighted by Crippen LogP contribution is -2.41. The van der Waals surface area contributed by atoms with Gasteiger partial charge in [-0.05, 0) is 20.4 Å². The molecule has 0 spiro atoms. The molecule has 0 radical (unpaired) electrons. The molecule has 0 saturated heterocycles. The Morgan fingerprint density at radius 3 is 2.89 bits per heavy atom. The van der Waals surface area contributed by atoms with Gasteiger partial charge in [0.05, 0.1) is 10.5 Å². The number of hydrogen-bond acceptors (Lipinski definition) is 6. The highest BCUT2D eigenvalue weighted by molar-refractivity contribution is 7.10. The predicted molar refractivity (Wildman–Crippen MR) is 77.5 cm³/mol. The van der Waals surface area contributed by atoms with Crippen LogP contribution in [0.2, 0.25) is 0 Å². The predicted octanol–water partition coefficient (Wildman–Crippen LogP) is 1.77. The summed E-state index contributed by atoms with van der Waals surface area (Å²) in [4.78, 5) is 20.7. The normalized spacial score (nSPS) is 11.5. The van der Waals surface area contributed by atoms with Gasteiger partial charge in [-0.25, -0.2) is 9.97 Å². The number of carbonyl (C=O) groups excluding carboxylic acids is 1. The number of aromatic nitrogens is 2. The van der Waals surface area contributed by atoms with Gasteiger partial charge in [0, 0.05) is 23.4 Å². The Balaban J connectivity index is 2.08. The maximum Gasteiger partial charge on any atom is 0.271 e. The van der Waals surface area contributed by atoms with E-state index in [2.05, 4.69) is 15.3 Å². The van der Waals surface area contributed by atoms with Crippen LogP contribution in [0.3, 0.4) is 0 Å². The summed E-state index contributed by atoms with van der Waals surface area (Å²) in [5.41, 5.74) is 5.42. The van der Waals surface area contributed by atoms with Crippen LogP contribution in [0.4, 0.5) is 0 Å². The van der Waals surface area contributed by atoms with Crippen molar-refractivity contribution in [2.75, 3.05) is 6.54 Å². The minimum atomic E-state index is -0.497. The molecule has 2 aromatic heterocycles. The second-order valence-corrected chi connectivity index (χ2v) is 6.42. The molecule has 7 heteroatoms. The van der Waals surface area contributed by atoms with Crippen molar-refractivity contribution in [1.29, 1.82) is 0 Å². The monoisotopic (exact) mass is 296 g/mol. The van der Waals surface area contributed by atoms with Crippen LogP contribution in [0.25, 0.3) is 0 Å². The first-order valence-electron chi connectivity index (χ1n) is 5.90. The topological polar surface area (TPSA) is 80.9 Å². The lowest BCUT2D eigenvalue weighted by Gasteiger charge is -2.23. The van der Waals surface area contributed by atoms with Crippen LogP contribution in [-0.2, 0) is 12.0 Å². The van der Waals surface area contributed by atoms with Crippen LogP contribution in [0.15, 0.2) is 17.0 Å². The van der Waals surface area contributed by atoms with Crippen molar-refractivity contribution >= 4 is 28.6 Å². The van der Waals surface area contributed by atoms with E-state index < -0.39 is 5.54 Å². The Kier molecular flexibility index (Phi) is 4.28. The highest BCUT2D eigenvalue weighted by Crippen LogP contribution is 2.22. The summed E-state index contributed by atoms with van der Waals surface area (Å²) in [5.74, 6) is -0.181. The third-order valence-electron chi connectivity index (χ3n) is 2.54. The van der Waals surface area contributed by atoms with Gasteiger partial charge >= 0.3 is 0 Å². The number of nitrogens with two attached hydrogens (primary N) is 1. The molecule has 0 atom stereocenters. The van der Waals surface area contributed by atoms with Gasteiger partial charge in [0.25, 0.3) is 5.91 Å². The highest BCUT2D eigenvalue weighted by atomic mass is 32.1. The number of hydrogen-bond donors (Lipinski definition) is 2. The molecule has 2 aromatic rings. The van der Waals surface area contributed by atoms with Crippen molar-refractivity contribution in [2.45, 2.75) is 25.8 Å². The fourth-order valence-corrected chi connectivity index (χ4v) is 3.10. The molecule has 0 aliphatic rings. The van der Waals surface area contributed by atoms with E-state index in [1.807, 2.05) is 19.2 Å². The molecule has 19 heavy (non-hydrogen) atoms. The molecule has 0 bridgehead atoms. The van der Waals surface area contributed by atoms with Crippen LogP contribution in [-0.4, -0.2) is 22.4 Å². The summed E-state index contributed by atoms with van der Waals surface area (Å²) in [6, 6.07) is 0. The number of thiazole rings is 2. The molecule has 5 nitrogen and oxygen atoms in total. The molecule has 102 valence electrons. The van der Waals surface area contributed by atoms with Gasteiger partial charge in [0.15, 0.2) is 0 Å². The second kappa shape index (κ2) is 5.77. The van der Waals surface area contributed by atoms with Crippen LogP contribution in [0.5, 0.6) is 0 Å². The fourth-order valence-electron chi connectivity index (χ4n) is 1.59. The van der Waals surface area contributed by atoms with Crippen LogP contribution in [0.1, 0.15) is 34.4 Å². The third kappa shape index (κ3) is 3.37. The van der Waals surface area contributed by atoms with E-state index >= 15 is 0 Å². The van der Waals surface area contributed by atoms with Crippen molar-refractivity contribution in [3.05, 3.63) is 32.7 Å². The maximum atomic E-state index is 12.2. The van der Waals surface area contributed by atoms with Crippen LogP contribution < -0.4 is 11.1 Å². The van der Waals surface area contributed by atoms with Crippen molar-refractivity contribution in [3.63, 3.8) is 0 Å². The first-order chi connectivity index (χ1) is 9.03. The number of nitrogens with zero attached hydrogens (tertiary/aromatic N) is 2. The summed E-state index contributed by atoms with van der Waals surface area (Å²) in [7, 11) is 0. The quantitative estimate of drug-likeness (QED) is 0.881. The Hall–Kier alpha value is -1.31. The van der Waals surface area contributed by atoms with E-state index in [1.54, 1.807) is 11.6 Å². The molecule has 0 aliphatic heterocycles. The van der Waals surface area contributed by atoms with Crippen LogP contribution in [0, 0.1) is 0 Å². The first kappa shape index (κ1) is 14.1. The Bertz CT molecular complexity index is 548. The van der Waals surface area contributed by atoms with E-state index in [0.29, 0.717) is 18.7 Å². The Morgan fingerprint density at radius 2 is 2.26 bits per heavy atom. The summed E-state index contributed by atoms with van der Waals surface area (Å²) in [6.07, 6.45) is 2.43. The van der Waals surface area contributed by atoms with E-state index in [4.69, 9.17) is 5.73 Å². The molecule has 0 saturated carbocycles. The van der Waals surface area contributed by atoms with Gasteiger partial charge in [-0.3, -0.25) is 4.79 Å². The van der Waals surface area contributed by atoms with Gasteiger partial charge in [-0.2, -0.15) is 0 Å². The van der Waals surface area contributed by atoms with Gasteiger partial charge in [0.2, 0.25) is 0 Å². The summed E-state index contributed by atoms with van der Waals surface area (Å²) in [6.45, 7) is 4.40. The van der Waals surface area contributed by atoms with Gasteiger partial charge in [-0.15, -0.1) is 22.7 Å². The lowest BCUT2D eigenvalue weighted by molar-refractivity contribution is 0.0907. The van der Waals surface area contributed by atoms with E-state index in [1.165, 1.54) is 22.7 Å². The molecule has 1 amide bonds. The average molecular weight is 296 g/mol. The molecule has 0 aliphatic carbocycles. The molecule has 2 heterocycles. The van der Waals surface area contributed by atoms with E-state index in [0.717, 1.165) is 10.0 Å². The maximum absolute atomic E-state index is 12.2. The molecule has 0 unspecified atom stereocenters. The lowest BCUT2D eigenvalue weighted by atomic mass is 10.1. The largest absolute Gasteiger partial charge is 0.339 e. The Labute approximate surface area is 119 Å². The Morgan fingerprint density at radius 1 is 1.47 bits per heavy atom. The molecule has 0 aromatic carbocycles. The van der Waals surface area contributed by atoms with Gasteiger partial charge in [-0.1, -0.05) is 0 Å². The SMILES string of the molecule is CC(C)(NC(=O)c1csc(CCN)n1)c1nccs1. The summed E-state index contributed by atoms with van der Waals surface area (Å²) in [5, 5.41) is 8.37. The minimum absolute atomic E-state index is 0.181. The number of amides is 1. The van der Waals surface area contributed by atoms with Crippen molar-refractivity contribution < 1.29 is 4.79 Å². The first-order valence-corrected chi connectivity index (χ1v) is 7.66. The zero-order valence-electron chi connectivity index (χ0n) is 10.8. The zero-order chi connectivity index (χ0) is 13.9. The van der Waals surface area contributed by atoms with Gasteiger partial charge in [0.1, 0.15) is 10.7 Å². The second-order valence-electron chi connectivity index (χ2n) is 4.58. The highest BCUT2D eigenvalue weighted by Gasteiger charge is 2.26. The van der Waals surface area contributed by atoms with E-state index in [9.17, 15) is 4.79 Å². The summed E-state index contributed by atoms with van der Waals surface area (Å²) >= 11 is 2.98. The molecule has 2 rings (SSSR count). The third-order valence-corrected chi connectivity index (χ3v) is 4.54.